The summed E-state index contributed by atoms with van der Waals surface area (Å²) >= 11 is 5.86. The van der Waals surface area contributed by atoms with E-state index in [1.165, 1.54) is 12.1 Å². The maximum Gasteiger partial charge on any atom is 0.337 e. The molecule has 0 bridgehead atoms. The van der Waals surface area contributed by atoms with Crippen LogP contribution in [0.2, 0.25) is 5.02 Å². The van der Waals surface area contributed by atoms with Crippen molar-refractivity contribution in [3.63, 3.8) is 0 Å². The molecule has 0 fully saturated rings. The number of halogens is 1. The monoisotopic (exact) mass is 417 g/mol. The first-order valence-electron chi connectivity index (χ1n) is 8.19. The van der Waals surface area contributed by atoms with Gasteiger partial charge in [0.25, 0.3) is 10.0 Å². The summed E-state index contributed by atoms with van der Waals surface area (Å²) < 4.78 is 27.2. The van der Waals surface area contributed by atoms with Crippen molar-refractivity contribution in [2.75, 3.05) is 4.47 Å². The van der Waals surface area contributed by atoms with Crippen LogP contribution in [0.1, 0.15) is 15.9 Å². The molecule has 0 aromatic heterocycles. The molecule has 3 aromatic carbocycles. The normalized spacial score (nSPS) is 11.2. The summed E-state index contributed by atoms with van der Waals surface area (Å²) in [6.07, 6.45) is 0. The van der Waals surface area contributed by atoms with Crippen LogP contribution in [0.5, 0.6) is 0 Å². The number of carboxylic acid groups (broad SMARTS) is 1. The van der Waals surface area contributed by atoms with Crippen molar-refractivity contribution in [1.29, 1.82) is 0 Å². The molecule has 3 rings (SSSR count). The van der Waals surface area contributed by atoms with E-state index >= 15 is 0 Å². The average Bonchev–Trinajstić information content (AvgIpc) is 2.69. The van der Waals surface area contributed by atoms with Crippen LogP contribution < -0.4 is 4.47 Å². The largest absolute Gasteiger partial charge is 0.478 e. The van der Waals surface area contributed by atoms with Gasteiger partial charge in [0.1, 0.15) is 6.61 Å². The molecule has 0 amide bonds. The van der Waals surface area contributed by atoms with Crippen LogP contribution in [0.15, 0.2) is 83.8 Å². The maximum absolute atomic E-state index is 13.2. The first kappa shape index (κ1) is 19.9. The number of carbonyl (C=O) groups is 1. The van der Waals surface area contributed by atoms with E-state index in [1.807, 2.05) is 18.2 Å². The summed E-state index contributed by atoms with van der Waals surface area (Å²) in [5, 5.41) is 9.19. The molecule has 144 valence electrons. The fraction of sp³-hybridized carbons (Fsp3) is 0.0500. The lowest BCUT2D eigenvalue weighted by molar-refractivity contribution is 0.0696. The molecule has 0 unspecified atom stereocenters. The highest BCUT2D eigenvalue weighted by atomic mass is 35.5. The van der Waals surface area contributed by atoms with Gasteiger partial charge in [0.05, 0.1) is 21.2 Å². The van der Waals surface area contributed by atoms with Crippen LogP contribution in [0.3, 0.4) is 0 Å². The first-order chi connectivity index (χ1) is 13.4. The molecule has 0 radical (unpaired) electrons. The minimum atomic E-state index is -4.21. The second-order valence-corrected chi connectivity index (χ2v) is 7.93. The van der Waals surface area contributed by atoms with E-state index in [-0.39, 0.29) is 27.8 Å². The quantitative estimate of drug-likeness (QED) is 0.577. The Kier molecular flexibility index (Phi) is 5.99. The zero-order chi connectivity index (χ0) is 20.1. The van der Waals surface area contributed by atoms with E-state index in [1.54, 1.807) is 42.5 Å². The number of hydrogen-bond donors (Lipinski definition) is 1. The van der Waals surface area contributed by atoms with E-state index in [2.05, 4.69) is 0 Å². The van der Waals surface area contributed by atoms with Crippen LogP contribution in [0.4, 0.5) is 5.69 Å². The highest BCUT2D eigenvalue weighted by Crippen LogP contribution is 2.27. The van der Waals surface area contributed by atoms with Gasteiger partial charge < -0.3 is 5.11 Å². The van der Waals surface area contributed by atoms with Gasteiger partial charge in [-0.1, -0.05) is 60.1 Å². The molecule has 0 aliphatic rings. The fourth-order valence-corrected chi connectivity index (χ4v) is 3.95. The zero-order valence-electron chi connectivity index (χ0n) is 14.5. The number of hydrogen-bond acceptors (Lipinski definition) is 4. The molecular formula is C20H16ClNO5S. The Hall–Kier alpha value is -2.87. The van der Waals surface area contributed by atoms with Crippen LogP contribution in [0.25, 0.3) is 0 Å². The number of rotatable bonds is 7. The number of carboxylic acids is 1. The van der Waals surface area contributed by atoms with E-state index in [0.29, 0.717) is 0 Å². The van der Waals surface area contributed by atoms with Crippen molar-refractivity contribution in [1.82, 2.24) is 0 Å². The number of para-hydroxylation sites is 1. The third-order valence-corrected chi connectivity index (χ3v) is 5.77. The van der Waals surface area contributed by atoms with Gasteiger partial charge in [-0.05, 0) is 35.9 Å². The Balaban J connectivity index is 2.01. The van der Waals surface area contributed by atoms with Crippen molar-refractivity contribution >= 4 is 33.3 Å². The third kappa shape index (κ3) is 4.33. The van der Waals surface area contributed by atoms with Gasteiger partial charge in [-0.25, -0.2) is 4.79 Å². The van der Waals surface area contributed by atoms with Crippen molar-refractivity contribution in [3.05, 3.63) is 95.0 Å². The molecule has 0 atom stereocenters. The maximum atomic E-state index is 13.2. The molecule has 1 N–H and O–H groups in total. The van der Waals surface area contributed by atoms with Crippen molar-refractivity contribution in [2.24, 2.45) is 0 Å². The smallest absolute Gasteiger partial charge is 0.337 e. The summed E-state index contributed by atoms with van der Waals surface area (Å²) in [4.78, 5) is 16.7. The van der Waals surface area contributed by atoms with E-state index in [4.69, 9.17) is 16.4 Å². The van der Waals surface area contributed by atoms with Crippen LogP contribution in [-0.2, 0) is 21.5 Å². The number of sulfonamides is 1. The SMILES string of the molecule is O=C(O)c1cc(S(=O)(=O)N(OCc2ccccc2)c2ccccc2)ccc1Cl. The Labute approximate surface area is 167 Å². The van der Waals surface area contributed by atoms with Gasteiger partial charge in [-0.3, -0.25) is 4.84 Å². The predicted molar refractivity (Wildman–Crippen MR) is 106 cm³/mol. The lowest BCUT2D eigenvalue weighted by Crippen LogP contribution is -2.31. The number of benzene rings is 3. The second kappa shape index (κ2) is 8.43. The molecule has 0 saturated heterocycles. The molecule has 28 heavy (non-hydrogen) atoms. The molecule has 0 aliphatic heterocycles. The minimum absolute atomic E-state index is 0.00828. The topological polar surface area (TPSA) is 83.9 Å². The second-order valence-electron chi connectivity index (χ2n) is 5.77. The highest BCUT2D eigenvalue weighted by molar-refractivity contribution is 7.92. The number of anilines is 1. The summed E-state index contributed by atoms with van der Waals surface area (Å²) in [5.74, 6) is -1.32. The van der Waals surface area contributed by atoms with Gasteiger partial charge in [-0.15, -0.1) is 4.47 Å². The Morgan fingerprint density at radius 2 is 1.57 bits per heavy atom. The van der Waals surface area contributed by atoms with E-state index < -0.39 is 16.0 Å². The van der Waals surface area contributed by atoms with Crippen LogP contribution in [-0.4, -0.2) is 19.5 Å². The molecule has 0 saturated carbocycles. The van der Waals surface area contributed by atoms with Crippen molar-refractivity contribution in [3.8, 4) is 0 Å². The van der Waals surface area contributed by atoms with Gasteiger partial charge in [0.15, 0.2) is 0 Å². The summed E-state index contributed by atoms with van der Waals surface area (Å²) in [5.41, 5.74) is 0.755. The summed E-state index contributed by atoms with van der Waals surface area (Å²) in [7, 11) is -4.21. The van der Waals surface area contributed by atoms with Gasteiger partial charge in [0.2, 0.25) is 0 Å². The fourth-order valence-electron chi connectivity index (χ4n) is 2.46. The van der Waals surface area contributed by atoms with Gasteiger partial charge >= 0.3 is 5.97 Å². The Morgan fingerprint density at radius 1 is 0.964 bits per heavy atom. The minimum Gasteiger partial charge on any atom is -0.478 e. The standard InChI is InChI=1S/C20H16ClNO5S/c21-19-12-11-17(13-18(19)20(23)24)28(25,26)22(16-9-5-2-6-10-16)27-14-15-7-3-1-4-8-15/h1-13H,14H2,(H,23,24). The average molecular weight is 418 g/mol. The molecule has 8 heteroatoms. The van der Waals surface area contributed by atoms with E-state index in [9.17, 15) is 18.3 Å². The summed E-state index contributed by atoms with van der Waals surface area (Å²) in [6.45, 7) is 0.00828. The predicted octanol–water partition coefficient (Wildman–Crippen LogP) is 4.37. The van der Waals surface area contributed by atoms with Crippen LogP contribution in [0, 0.1) is 0 Å². The van der Waals surface area contributed by atoms with Crippen molar-refractivity contribution in [2.45, 2.75) is 11.5 Å². The lowest BCUT2D eigenvalue weighted by atomic mass is 10.2. The summed E-state index contributed by atoms with van der Waals surface area (Å²) in [6, 6.07) is 20.8. The molecular weight excluding hydrogens is 402 g/mol. The van der Waals surface area contributed by atoms with Crippen molar-refractivity contribution < 1.29 is 23.2 Å². The Morgan fingerprint density at radius 3 is 2.18 bits per heavy atom. The van der Waals surface area contributed by atoms with Gasteiger partial charge in [-0.2, -0.15) is 8.42 Å². The number of aromatic carboxylic acids is 1. The lowest BCUT2D eigenvalue weighted by Gasteiger charge is -2.23. The first-order valence-corrected chi connectivity index (χ1v) is 10.0. The molecule has 0 heterocycles. The zero-order valence-corrected chi connectivity index (χ0v) is 16.1. The van der Waals surface area contributed by atoms with Crippen LogP contribution >= 0.6 is 11.6 Å². The highest BCUT2D eigenvalue weighted by Gasteiger charge is 2.28. The number of nitrogens with zero attached hydrogens (tertiary/aromatic N) is 1. The Bertz CT molecular complexity index is 1070. The molecule has 6 nitrogen and oxygen atoms in total. The van der Waals surface area contributed by atoms with E-state index in [0.717, 1.165) is 16.1 Å². The van der Waals surface area contributed by atoms with Gasteiger partial charge in [0, 0.05) is 0 Å². The molecule has 3 aromatic rings. The molecule has 0 aliphatic carbocycles. The third-order valence-electron chi connectivity index (χ3n) is 3.84. The molecule has 0 spiro atoms.